The molecule has 0 bridgehead atoms. The van der Waals surface area contributed by atoms with Crippen LogP contribution in [0.25, 0.3) is 16.9 Å². The number of nitrogens with zero attached hydrogens (tertiary/aromatic N) is 5. The molecule has 0 saturated carbocycles. The molecule has 3 rings (SSSR count). The first kappa shape index (κ1) is 16.0. The first-order chi connectivity index (χ1) is 12.0. The van der Waals surface area contributed by atoms with Crippen LogP contribution in [0, 0.1) is 22.7 Å². The van der Waals surface area contributed by atoms with Crippen molar-refractivity contribution < 1.29 is 9.90 Å². The molecule has 0 fully saturated rings. The van der Waals surface area contributed by atoms with Crippen molar-refractivity contribution >= 4 is 17.2 Å². The summed E-state index contributed by atoms with van der Waals surface area (Å²) in [6.07, 6.45) is 2.69. The van der Waals surface area contributed by atoms with Gasteiger partial charge < -0.3 is 10.4 Å². The summed E-state index contributed by atoms with van der Waals surface area (Å²) < 4.78 is 1.61. The van der Waals surface area contributed by atoms with Crippen molar-refractivity contribution in [2.24, 2.45) is 0 Å². The molecule has 2 N–H and O–H groups in total. The number of carboxylic acids is 1. The zero-order chi connectivity index (χ0) is 18.0. The molecule has 122 valence electrons. The summed E-state index contributed by atoms with van der Waals surface area (Å²) in [5, 5.41) is 34.3. The van der Waals surface area contributed by atoms with Gasteiger partial charge in [0.15, 0.2) is 0 Å². The minimum atomic E-state index is -1.14. The monoisotopic (exact) mass is 332 g/mol. The fraction of sp³-hybridized carbons (Fsp3) is 0.118. The predicted octanol–water partition coefficient (Wildman–Crippen LogP) is 2.29. The van der Waals surface area contributed by atoms with Gasteiger partial charge in [0.25, 0.3) is 0 Å². The van der Waals surface area contributed by atoms with Crippen LogP contribution in [0.3, 0.4) is 0 Å². The van der Waals surface area contributed by atoms with Crippen LogP contribution < -0.4 is 5.32 Å². The number of hydrogen-bond donors (Lipinski definition) is 2. The maximum Gasteiger partial charge on any atom is 0.339 e. The van der Waals surface area contributed by atoms with Crippen molar-refractivity contribution in [3.63, 3.8) is 0 Å². The molecule has 0 saturated heterocycles. The van der Waals surface area contributed by atoms with Crippen LogP contribution in [0.15, 0.2) is 36.7 Å². The van der Waals surface area contributed by atoms with Gasteiger partial charge in [-0.25, -0.2) is 9.31 Å². The fourth-order valence-electron chi connectivity index (χ4n) is 2.41. The highest BCUT2D eigenvalue weighted by Gasteiger charge is 2.16. The number of carboxylic acid groups (broad SMARTS) is 1. The maximum atomic E-state index is 11.4. The van der Waals surface area contributed by atoms with Gasteiger partial charge >= 0.3 is 5.97 Å². The largest absolute Gasteiger partial charge is 0.478 e. The molecule has 0 unspecified atom stereocenters. The van der Waals surface area contributed by atoms with Crippen LogP contribution in [0.2, 0.25) is 0 Å². The van der Waals surface area contributed by atoms with E-state index in [0.29, 0.717) is 22.6 Å². The number of pyridine rings is 1. The van der Waals surface area contributed by atoms with Gasteiger partial charge in [-0.2, -0.15) is 15.6 Å². The highest BCUT2D eigenvalue weighted by Crippen LogP contribution is 2.25. The number of aromatic carboxylic acids is 1. The number of anilines is 1. The molecule has 0 aromatic carbocycles. The SMILES string of the molecule is C[C@H](C#N)Nc1cc(-c2ccc3cc(C#N)cnn23)ncc1C(=O)O. The lowest BCUT2D eigenvalue weighted by Crippen LogP contribution is -2.15. The quantitative estimate of drug-likeness (QED) is 0.750. The molecule has 3 aromatic heterocycles. The van der Waals surface area contributed by atoms with Crippen LogP contribution in [0.1, 0.15) is 22.8 Å². The third-order valence-corrected chi connectivity index (χ3v) is 3.59. The van der Waals surface area contributed by atoms with Crippen molar-refractivity contribution in [3.8, 4) is 23.5 Å². The molecular weight excluding hydrogens is 320 g/mol. The van der Waals surface area contributed by atoms with E-state index in [1.807, 2.05) is 12.1 Å². The number of nitrogens with one attached hydrogen (secondary N) is 1. The van der Waals surface area contributed by atoms with E-state index in [1.165, 1.54) is 12.4 Å². The van der Waals surface area contributed by atoms with E-state index in [4.69, 9.17) is 10.5 Å². The van der Waals surface area contributed by atoms with Crippen LogP contribution >= 0.6 is 0 Å². The van der Waals surface area contributed by atoms with E-state index >= 15 is 0 Å². The number of rotatable bonds is 4. The number of nitriles is 2. The smallest absolute Gasteiger partial charge is 0.339 e. The summed E-state index contributed by atoms with van der Waals surface area (Å²) in [4.78, 5) is 15.6. The van der Waals surface area contributed by atoms with Gasteiger partial charge in [-0.15, -0.1) is 0 Å². The van der Waals surface area contributed by atoms with E-state index in [-0.39, 0.29) is 5.56 Å². The third kappa shape index (κ3) is 2.96. The third-order valence-electron chi connectivity index (χ3n) is 3.59. The van der Waals surface area contributed by atoms with E-state index in [2.05, 4.69) is 15.4 Å². The van der Waals surface area contributed by atoms with Gasteiger partial charge in [-0.05, 0) is 31.2 Å². The van der Waals surface area contributed by atoms with Crippen molar-refractivity contribution in [1.82, 2.24) is 14.6 Å². The molecule has 0 aliphatic heterocycles. The molecule has 3 heterocycles. The number of hydrogen-bond acceptors (Lipinski definition) is 6. The van der Waals surface area contributed by atoms with Crippen LogP contribution in [-0.2, 0) is 0 Å². The predicted molar refractivity (Wildman–Crippen MR) is 88.8 cm³/mol. The second kappa shape index (κ2) is 6.30. The number of fused-ring (bicyclic) bond motifs is 1. The van der Waals surface area contributed by atoms with Gasteiger partial charge in [0.05, 0.1) is 40.4 Å². The second-order valence-electron chi connectivity index (χ2n) is 5.33. The van der Waals surface area contributed by atoms with E-state index in [9.17, 15) is 9.90 Å². The summed E-state index contributed by atoms with van der Waals surface area (Å²) >= 11 is 0. The minimum absolute atomic E-state index is 0.0218. The molecule has 0 spiro atoms. The van der Waals surface area contributed by atoms with Gasteiger partial charge in [-0.3, -0.25) is 4.98 Å². The average Bonchev–Trinajstić information content (AvgIpc) is 3.04. The summed E-state index contributed by atoms with van der Waals surface area (Å²) in [5.41, 5.74) is 2.58. The Labute approximate surface area is 142 Å². The van der Waals surface area contributed by atoms with E-state index < -0.39 is 12.0 Å². The molecule has 8 nitrogen and oxygen atoms in total. The van der Waals surface area contributed by atoms with E-state index in [1.54, 1.807) is 35.7 Å². The van der Waals surface area contributed by atoms with Crippen LogP contribution in [-0.4, -0.2) is 31.7 Å². The summed E-state index contributed by atoms with van der Waals surface area (Å²) in [6, 6.07) is 10.3. The first-order valence-corrected chi connectivity index (χ1v) is 7.31. The lowest BCUT2D eigenvalue weighted by atomic mass is 10.1. The second-order valence-corrected chi connectivity index (χ2v) is 5.33. The van der Waals surface area contributed by atoms with Crippen molar-refractivity contribution in [2.75, 3.05) is 5.32 Å². The Bertz CT molecular complexity index is 1060. The zero-order valence-corrected chi connectivity index (χ0v) is 13.1. The molecule has 0 aliphatic carbocycles. The molecular formula is C17H12N6O2. The fourth-order valence-corrected chi connectivity index (χ4v) is 2.41. The van der Waals surface area contributed by atoms with Crippen LogP contribution in [0.4, 0.5) is 5.69 Å². The Hall–Kier alpha value is -3.91. The van der Waals surface area contributed by atoms with Gasteiger partial charge in [-0.1, -0.05) is 0 Å². The van der Waals surface area contributed by atoms with Crippen molar-refractivity contribution in [1.29, 1.82) is 10.5 Å². The number of aromatic nitrogens is 3. The van der Waals surface area contributed by atoms with Gasteiger partial charge in [0, 0.05) is 6.20 Å². The zero-order valence-electron chi connectivity index (χ0n) is 13.1. The number of carbonyl (C=O) groups is 1. The highest BCUT2D eigenvalue weighted by molar-refractivity contribution is 5.94. The Morgan fingerprint density at radius 2 is 2.12 bits per heavy atom. The maximum absolute atomic E-state index is 11.4. The average molecular weight is 332 g/mol. The Morgan fingerprint density at radius 1 is 1.32 bits per heavy atom. The molecule has 0 radical (unpaired) electrons. The summed E-state index contributed by atoms with van der Waals surface area (Å²) in [6.45, 7) is 1.63. The summed E-state index contributed by atoms with van der Waals surface area (Å²) in [5.74, 6) is -1.14. The Balaban J connectivity index is 2.12. The highest BCUT2D eigenvalue weighted by atomic mass is 16.4. The standard InChI is InChI=1S/C17H12N6O2/c1-10(6-18)22-14-5-15(20-9-13(14)17(24)25)16-3-2-12-4-11(7-19)8-21-23(12)16/h2-5,8-10H,1H3,(H,20,22)(H,24,25)/t10-/m1/s1. The molecule has 0 amide bonds. The Kier molecular flexibility index (Phi) is 4.02. The molecule has 8 heteroatoms. The van der Waals surface area contributed by atoms with Crippen LogP contribution in [0.5, 0.6) is 0 Å². The molecule has 25 heavy (non-hydrogen) atoms. The van der Waals surface area contributed by atoms with Gasteiger partial charge in [0.2, 0.25) is 0 Å². The Morgan fingerprint density at radius 3 is 2.80 bits per heavy atom. The molecule has 3 aromatic rings. The first-order valence-electron chi connectivity index (χ1n) is 7.31. The summed E-state index contributed by atoms with van der Waals surface area (Å²) in [7, 11) is 0. The topological polar surface area (TPSA) is 127 Å². The molecule has 0 aliphatic rings. The van der Waals surface area contributed by atoms with Crippen molar-refractivity contribution in [3.05, 3.63) is 47.8 Å². The molecule has 1 atom stereocenters. The van der Waals surface area contributed by atoms with Crippen molar-refractivity contribution in [2.45, 2.75) is 13.0 Å². The lowest BCUT2D eigenvalue weighted by molar-refractivity contribution is 0.0697. The van der Waals surface area contributed by atoms with Gasteiger partial charge in [0.1, 0.15) is 17.7 Å². The van der Waals surface area contributed by atoms with E-state index in [0.717, 1.165) is 5.52 Å². The normalized spacial score (nSPS) is 11.5. The lowest BCUT2D eigenvalue weighted by Gasteiger charge is -2.12. The minimum Gasteiger partial charge on any atom is -0.478 e.